The highest BCUT2D eigenvalue weighted by Gasteiger charge is 2.44. The molecular weight excluding hydrogens is 426 g/mol. The molecule has 0 aliphatic carbocycles. The number of hydrogen-bond acceptors (Lipinski definition) is 7. The topological polar surface area (TPSA) is 171 Å². The molecule has 0 bridgehead atoms. The van der Waals surface area contributed by atoms with Crippen LogP contribution in [0.15, 0.2) is 35.2 Å². The van der Waals surface area contributed by atoms with E-state index >= 15 is 0 Å². The van der Waals surface area contributed by atoms with Crippen molar-refractivity contribution in [3.8, 4) is 0 Å². The molecule has 6 N–H and O–H groups in total. The van der Waals surface area contributed by atoms with E-state index in [9.17, 15) is 22.8 Å². The number of carbonyl (C=O) groups excluding carboxylic acids is 3. The van der Waals surface area contributed by atoms with Crippen molar-refractivity contribution in [3.63, 3.8) is 0 Å². The van der Waals surface area contributed by atoms with Gasteiger partial charge in [0.25, 0.3) is 5.91 Å². The van der Waals surface area contributed by atoms with Crippen LogP contribution in [0.25, 0.3) is 0 Å². The maximum atomic E-state index is 13.0. The minimum absolute atomic E-state index is 0.0102. The van der Waals surface area contributed by atoms with E-state index in [1.165, 1.54) is 17.6 Å². The zero-order valence-corrected chi connectivity index (χ0v) is 18.3. The van der Waals surface area contributed by atoms with Crippen molar-refractivity contribution in [1.29, 1.82) is 0 Å². The van der Waals surface area contributed by atoms with Gasteiger partial charge < -0.3 is 16.4 Å². The molecular formula is C19H29N5O6S. The Morgan fingerprint density at radius 1 is 1.26 bits per heavy atom. The van der Waals surface area contributed by atoms with Crippen molar-refractivity contribution in [2.75, 3.05) is 13.1 Å². The number of carbonyl (C=O) groups is 3. The summed E-state index contributed by atoms with van der Waals surface area (Å²) in [6.45, 7) is 3.24. The minimum Gasteiger partial charge on any atom is -0.350 e. The predicted molar refractivity (Wildman–Crippen MR) is 111 cm³/mol. The Morgan fingerprint density at radius 2 is 1.90 bits per heavy atom. The van der Waals surface area contributed by atoms with Gasteiger partial charge in [0, 0.05) is 12.6 Å². The highest BCUT2D eigenvalue weighted by atomic mass is 32.2. The smallest absolute Gasteiger partial charge is 0.261 e. The van der Waals surface area contributed by atoms with Gasteiger partial charge in [-0.25, -0.2) is 13.9 Å². The minimum atomic E-state index is -4.04. The van der Waals surface area contributed by atoms with Gasteiger partial charge >= 0.3 is 0 Å². The van der Waals surface area contributed by atoms with Gasteiger partial charge in [-0.05, 0) is 24.5 Å². The van der Waals surface area contributed by atoms with Crippen molar-refractivity contribution in [3.05, 3.63) is 30.3 Å². The Morgan fingerprint density at radius 3 is 2.48 bits per heavy atom. The van der Waals surface area contributed by atoms with E-state index in [2.05, 4.69) is 10.6 Å². The number of sulfonamides is 1. The second-order valence-corrected chi connectivity index (χ2v) is 9.40. The molecule has 1 fully saturated rings. The normalized spacial score (nSPS) is 21.2. The van der Waals surface area contributed by atoms with E-state index in [1.54, 1.807) is 18.2 Å². The third kappa shape index (κ3) is 6.00. The first-order chi connectivity index (χ1) is 14.6. The molecule has 0 spiro atoms. The zero-order chi connectivity index (χ0) is 23.2. The van der Waals surface area contributed by atoms with Crippen LogP contribution >= 0.6 is 0 Å². The van der Waals surface area contributed by atoms with Crippen LogP contribution in [0.3, 0.4) is 0 Å². The summed E-state index contributed by atoms with van der Waals surface area (Å²) in [5.74, 6) is -1.95. The summed E-state index contributed by atoms with van der Waals surface area (Å²) in [4.78, 5) is 36.3. The first-order valence-corrected chi connectivity index (χ1v) is 11.4. The first kappa shape index (κ1) is 24.7. The predicted octanol–water partition coefficient (Wildman–Crippen LogP) is -1.07. The largest absolute Gasteiger partial charge is 0.350 e. The Hall–Kier alpha value is -2.54. The third-order valence-electron chi connectivity index (χ3n) is 5.37. The van der Waals surface area contributed by atoms with Gasteiger partial charge in [0.2, 0.25) is 21.8 Å². The van der Waals surface area contributed by atoms with Crippen molar-refractivity contribution in [1.82, 2.24) is 20.4 Å². The molecule has 31 heavy (non-hydrogen) atoms. The van der Waals surface area contributed by atoms with Crippen LogP contribution in [0.2, 0.25) is 0 Å². The number of nitrogens with zero attached hydrogens (tertiary/aromatic N) is 1. The summed E-state index contributed by atoms with van der Waals surface area (Å²) in [7, 11) is -4.04. The molecule has 1 saturated heterocycles. The summed E-state index contributed by atoms with van der Waals surface area (Å²) in [5.41, 5.74) is 7.30. The monoisotopic (exact) mass is 455 g/mol. The lowest BCUT2D eigenvalue weighted by molar-refractivity contribution is -0.132. The number of rotatable bonds is 9. The Labute approximate surface area is 181 Å². The lowest BCUT2D eigenvalue weighted by atomic mass is 9.99. The van der Waals surface area contributed by atoms with Gasteiger partial charge in [0.15, 0.2) is 0 Å². The first-order valence-electron chi connectivity index (χ1n) is 9.95. The zero-order valence-electron chi connectivity index (χ0n) is 17.4. The number of nitrogens with one attached hydrogen (secondary N) is 3. The maximum absolute atomic E-state index is 13.0. The van der Waals surface area contributed by atoms with Gasteiger partial charge in [-0.3, -0.25) is 19.6 Å². The fourth-order valence-corrected chi connectivity index (χ4v) is 4.96. The van der Waals surface area contributed by atoms with Crippen molar-refractivity contribution >= 4 is 27.7 Å². The van der Waals surface area contributed by atoms with Crippen LogP contribution < -0.4 is 21.8 Å². The molecule has 0 aromatic heterocycles. The van der Waals surface area contributed by atoms with Gasteiger partial charge in [-0.15, -0.1) is 0 Å². The number of benzene rings is 1. The maximum Gasteiger partial charge on any atom is 0.261 e. The lowest BCUT2D eigenvalue weighted by Gasteiger charge is -2.22. The summed E-state index contributed by atoms with van der Waals surface area (Å²) in [6, 6.07) is 4.92. The highest BCUT2D eigenvalue weighted by molar-refractivity contribution is 7.89. The van der Waals surface area contributed by atoms with Crippen LogP contribution in [0, 0.1) is 5.92 Å². The molecule has 2 rings (SSSR count). The van der Waals surface area contributed by atoms with Gasteiger partial charge in [0.1, 0.15) is 6.04 Å². The van der Waals surface area contributed by atoms with E-state index in [4.69, 9.17) is 10.9 Å². The Kier molecular flexibility index (Phi) is 8.51. The average Bonchev–Trinajstić information content (AvgIpc) is 3.20. The molecule has 11 nitrogen and oxygen atoms in total. The van der Waals surface area contributed by atoms with E-state index in [0.29, 0.717) is 6.42 Å². The molecule has 1 aromatic rings. The van der Waals surface area contributed by atoms with Crippen LogP contribution in [-0.4, -0.2) is 66.9 Å². The van der Waals surface area contributed by atoms with Crippen LogP contribution in [0.4, 0.5) is 0 Å². The van der Waals surface area contributed by atoms with Gasteiger partial charge in [-0.2, -0.15) is 4.31 Å². The van der Waals surface area contributed by atoms with Gasteiger partial charge in [-0.1, -0.05) is 38.5 Å². The molecule has 4 atom stereocenters. The second-order valence-electron chi connectivity index (χ2n) is 7.51. The van der Waals surface area contributed by atoms with E-state index in [1.807, 2.05) is 13.8 Å². The highest BCUT2D eigenvalue weighted by Crippen LogP contribution is 2.26. The molecule has 0 unspecified atom stereocenters. The van der Waals surface area contributed by atoms with Crippen molar-refractivity contribution < 1.29 is 28.0 Å². The molecule has 12 heteroatoms. The van der Waals surface area contributed by atoms with Crippen LogP contribution in [-0.2, 0) is 24.4 Å². The molecule has 1 aromatic carbocycles. The average molecular weight is 456 g/mol. The van der Waals surface area contributed by atoms with Gasteiger partial charge in [0.05, 0.1) is 17.5 Å². The fraction of sp³-hybridized carbons (Fsp3) is 0.526. The second kappa shape index (κ2) is 10.7. The number of nitrogens with two attached hydrogens (primary N) is 1. The summed E-state index contributed by atoms with van der Waals surface area (Å²) in [5, 5.41) is 14.1. The summed E-state index contributed by atoms with van der Waals surface area (Å²) >= 11 is 0. The molecule has 0 radical (unpaired) electrons. The number of amides is 3. The van der Waals surface area contributed by atoms with Crippen LogP contribution in [0.1, 0.15) is 26.7 Å². The van der Waals surface area contributed by atoms with Crippen LogP contribution in [0.5, 0.6) is 0 Å². The quantitative estimate of drug-likeness (QED) is 0.233. The standard InChI is InChI=1S/C19H29N5O6S/c1-3-12(2)17(20)19(27)21-10-16(25)22-13-9-15(18(26)23-28)24(11-13)31(29,30)14-7-5-4-6-8-14/h4-8,12-13,15,17,28H,3,9-11,20H2,1-2H3,(H,21,27)(H,22,25)(H,23,26)/t12-,13-,15-,17-/m0/s1. The van der Waals surface area contributed by atoms with Crippen molar-refractivity contribution in [2.45, 2.75) is 49.7 Å². The molecule has 1 aliphatic heterocycles. The fourth-order valence-electron chi connectivity index (χ4n) is 3.29. The molecule has 3 amide bonds. The van der Waals surface area contributed by atoms with E-state index in [-0.39, 0.29) is 30.3 Å². The van der Waals surface area contributed by atoms with E-state index < -0.39 is 45.9 Å². The Bertz CT molecular complexity index is 894. The summed E-state index contributed by atoms with van der Waals surface area (Å²) < 4.78 is 26.9. The van der Waals surface area contributed by atoms with E-state index in [0.717, 1.165) is 4.31 Å². The third-order valence-corrected chi connectivity index (χ3v) is 7.26. The molecule has 0 saturated carbocycles. The molecule has 172 valence electrons. The Balaban J connectivity index is 2.04. The molecule has 1 heterocycles. The number of hydroxylamine groups is 1. The lowest BCUT2D eigenvalue weighted by Crippen LogP contribution is -2.49. The van der Waals surface area contributed by atoms with Crippen molar-refractivity contribution in [2.24, 2.45) is 11.7 Å². The number of hydrogen-bond donors (Lipinski definition) is 5. The summed E-state index contributed by atoms with van der Waals surface area (Å²) in [6.07, 6.45) is 0.674. The SMILES string of the molecule is CC[C@H](C)[C@H](N)C(=O)NCC(=O)N[C@H]1C[C@@H](C(=O)NO)N(S(=O)(=O)c2ccccc2)C1. The molecule has 1 aliphatic rings.